The van der Waals surface area contributed by atoms with Gasteiger partial charge in [-0.05, 0) is 28.1 Å². The maximum Gasteiger partial charge on any atom is 0.137 e. The van der Waals surface area contributed by atoms with Gasteiger partial charge in [0.05, 0.1) is 27.2 Å². The molecule has 1 atom stereocenters. The Morgan fingerprint density at radius 1 is 1.47 bits per heavy atom. The van der Waals surface area contributed by atoms with Crippen LogP contribution < -0.4 is 5.32 Å². The molecule has 1 aliphatic heterocycles. The maximum atomic E-state index is 5.66. The zero-order valence-electron chi connectivity index (χ0n) is 9.07. The number of morpholine rings is 1. The van der Waals surface area contributed by atoms with Crippen molar-refractivity contribution in [1.29, 1.82) is 0 Å². The number of ether oxygens (including phenoxy) is 1. The third-order valence-corrected chi connectivity index (χ3v) is 4.32. The summed E-state index contributed by atoms with van der Waals surface area (Å²) < 4.78 is 6.78. The minimum atomic E-state index is 0.0425. The normalized spacial score (nSPS) is 20.6. The summed E-state index contributed by atoms with van der Waals surface area (Å²) in [6.45, 7) is 2.48. The molecule has 17 heavy (non-hydrogen) atoms. The zero-order valence-corrected chi connectivity index (χ0v) is 11.5. The predicted molar refractivity (Wildman–Crippen MR) is 71.2 cm³/mol. The molecule has 1 aliphatic rings. The first-order valence-electron chi connectivity index (χ1n) is 5.46. The minimum absolute atomic E-state index is 0.0425. The standard InChI is InChI=1S/C11H12BrN3OS/c12-10-2-1-9(17-10)7-5-14-11(15-7)8-6-13-3-4-16-8/h1-2,5,8,13H,3-4,6H2,(H,14,15). The van der Waals surface area contributed by atoms with Crippen molar-refractivity contribution in [3.63, 3.8) is 0 Å². The van der Waals surface area contributed by atoms with Gasteiger partial charge < -0.3 is 15.0 Å². The van der Waals surface area contributed by atoms with E-state index in [9.17, 15) is 0 Å². The van der Waals surface area contributed by atoms with Gasteiger partial charge in [-0.25, -0.2) is 4.98 Å². The first-order chi connectivity index (χ1) is 8.33. The van der Waals surface area contributed by atoms with E-state index in [-0.39, 0.29) is 6.10 Å². The SMILES string of the molecule is Brc1ccc(-c2cnc(C3CNCCO3)[nH]2)s1. The lowest BCUT2D eigenvalue weighted by atomic mass is 10.3. The topological polar surface area (TPSA) is 49.9 Å². The quantitative estimate of drug-likeness (QED) is 0.896. The second kappa shape index (κ2) is 4.89. The van der Waals surface area contributed by atoms with Crippen LogP contribution in [0.1, 0.15) is 11.9 Å². The molecule has 90 valence electrons. The summed E-state index contributed by atoms with van der Waals surface area (Å²) >= 11 is 5.15. The van der Waals surface area contributed by atoms with Gasteiger partial charge in [0.2, 0.25) is 0 Å². The van der Waals surface area contributed by atoms with Crippen LogP contribution in [0.5, 0.6) is 0 Å². The minimum Gasteiger partial charge on any atom is -0.368 e. The Kier molecular flexibility index (Phi) is 3.28. The Morgan fingerprint density at radius 2 is 2.41 bits per heavy atom. The summed E-state index contributed by atoms with van der Waals surface area (Å²) in [5, 5.41) is 3.30. The number of imidazole rings is 1. The van der Waals surface area contributed by atoms with Gasteiger partial charge in [-0.3, -0.25) is 0 Å². The molecule has 2 aromatic rings. The second-order valence-corrected chi connectivity index (χ2v) is 6.31. The van der Waals surface area contributed by atoms with Gasteiger partial charge in [-0.15, -0.1) is 11.3 Å². The third kappa shape index (κ3) is 2.44. The fourth-order valence-electron chi connectivity index (χ4n) is 1.83. The molecule has 3 rings (SSSR count). The van der Waals surface area contributed by atoms with Crippen molar-refractivity contribution in [2.24, 2.45) is 0 Å². The van der Waals surface area contributed by atoms with Gasteiger partial charge in [-0.2, -0.15) is 0 Å². The van der Waals surface area contributed by atoms with Crippen molar-refractivity contribution in [3.05, 3.63) is 27.9 Å². The highest BCUT2D eigenvalue weighted by molar-refractivity contribution is 9.11. The number of aromatic nitrogens is 2. The number of halogens is 1. The van der Waals surface area contributed by atoms with Crippen molar-refractivity contribution in [1.82, 2.24) is 15.3 Å². The Hall–Kier alpha value is -0.690. The molecule has 0 aromatic carbocycles. The van der Waals surface area contributed by atoms with E-state index in [1.165, 1.54) is 4.88 Å². The molecule has 6 heteroatoms. The molecule has 0 aliphatic carbocycles. The van der Waals surface area contributed by atoms with Crippen molar-refractivity contribution >= 4 is 27.3 Å². The fraction of sp³-hybridized carbons (Fsp3) is 0.364. The monoisotopic (exact) mass is 313 g/mol. The van der Waals surface area contributed by atoms with Crippen LogP contribution in [-0.2, 0) is 4.74 Å². The molecular weight excluding hydrogens is 302 g/mol. The zero-order chi connectivity index (χ0) is 11.7. The lowest BCUT2D eigenvalue weighted by Crippen LogP contribution is -2.33. The van der Waals surface area contributed by atoms with Gasteiger partial charge in [0, 0.05) is 13.1 Å². The molecule has 1 saturated heterocycles. The molecule has 1 unspecified atom stereocenters. The van der Waals surface area contributed by atoms with Crippen LogP contribution in [0.2, 0.25) is 0 Å². The van der Waals surface area contributed by atoms with Crippen LogP contribution in [0.3, 0.4) is 0 Å². The summed E-state index contributed by atoms with van der Waals surface area (Å²) in [6, 6.07) is 4.12. The fourth-order valence-corrected chi connectivity index (χ4v) is 3.18. The van der Waals surface area contributed by atoms with Crippen LogP contribution in [0, 0.1) is 0 Å². The first-order valence-corrected chi connectivity index (χ1v) is 7.07. The number of nitrogens with zero attached hydrogens (tertiary/aromatic N) is 1. The van der Waals surface area contributed by atoms with Gasteiger partial charge in [-0.1, -0.05) is 0 Å². The lowest BCUT2D eigenvalue weighted by molar-refractivity contribution is 0.0227. The van der Waals surface area contributed by atoms with E-state index >= 15 is 0 Å². The Bertz CT molecular complexity index is 504. The maximum absolute atomic E-state index is 5.66. The molecule has 0 spiro atoms. The largest absolute Gasteiger partial charge is 0.368 e. The van der Waals surface area contributed by atoms with Gasteiger partial charge in [0.1, 0.15) is 11.9 Å². The lowest BCUT2D eigenvalue weighted by Gasteiger charge is -2.21. The molecule has 0 radical (unpaired) electrons. The van der Waals surface area contributed by atoms with Crippen LogP contribution in [0.15, 0.2) is 22.1 Å². The summed E-state index contributed by atoms with van der Waals surface area (Å²) in [5.41, 5.74) is 1.05. The number of hydrogen-bond donors (Lipinski definition) is 2. The molecule has 2 aromatic heterocycles. The molecule has 4 nitrogen and oxygen atoms in total. The van der Waals surface area contributed by atoms with E-state index in [0.717, 1.165) is 35.0 Å². The Labute approximate surface area is 112 Å². The van der Waals surface area contributed by atoms with Gasteiger partial charge in [0.25, 0.3) is 0 Å². The Morgan fingerprint density at radius 3 is 3.12 bits per heavy atom. The van der Waals surface area contributed by atoms with E-state index < -0.39 is 0 Å². The summed E-state index contributed by atoms with van der Waals surface area (Å²) in [4.78, 5) is 8.90. The highest BCUT2D eigenvalue weighted by Gasteiger charge is 2.19. The van der Waals surface area contributed by atoms with Crippen molar-refractivity contribution in [2.45, 2.75) is 6.10 Å². The Balaban J connectivity index is 1.82. The summed E-state index contributed by atoms with van der Waals surface area (Å²) in [7, 11) is 0. The molecule has 0 amide bonds. The van der Waals surface area contributed by atoms with E-state index in [2.05, 4.69) is 37.3 Å². The average molecular weight is 314 g/mol. The van der Waals surface area contributed by atoms with Crippen LogP contribution in [0.25, 0.3) is 10.6 Å². The van der Waals surface area contributed by atoms with E-state index in [4.69, 9.17) is 4.74 Å². The number of nitrogens with one attached hydrogen (secondary N) is 2. The molecular formula is C11H12BrN3OS. The van der Waals surface area contributed by atoms with E-state index in [0.29, 0.717) is 0 Å². The highest BCUT2D eigenvalue weighted by atomic mass is 79.9. The van der Waals surface area contributed by atoms with Crippen molar-refractivity contribution < 1.29 is 4.74 Å². The predicted octanol–water partition coefficient (Wildman–Crippen LogP) is 2.56. The van der Waals surface area contributed by atoms with Crippen molar-refractivity contribution in [2.75, 3.05) is 19.7 Å². The first kappa shape index (κ1) is 11.4. The highest BCUT2D eigenvalue weighted by Crippen LogP contribution is 2.30. The smallest absolute Gasteiger partial charge is 0.137 e. The third-order valence-electron chi connectivity index (χ3n) is 2.67. The number of rotatable bonds is 2. The average Bonchev–Trinajstić information content (AvgIpc) is 2.98. The van der Waals surface area contributed by atoms with Gasteiger partial charge >= 0.3 is 0 Å². The second-order valence-electron chi connectivity index (χ2n) is 3.85. The number of aromatic amines is 1. The van der Waals surface area contributed by atoms with Crippen LogP contribution >= 0.6 is 27.3 Å². The number of H-pyrrole nitrogens is 1. The van der Waals surface area contributed by atoms with Crippen LogP contribution in [0.4, 0.5) is 0 Å². The van der Waals surface area contributed by atoms with Crippen LogP contribution in [-0.4, -0.2) is 29.7 Å². The summed E-state index contributed by atoms with van der Waals surface area (Å²) in [5.74, 6) is 0.900. The molecule has 2 N–H and O–H groups in total. The van der Waals surface area contributed by atoms with Crippen molar-refractivity contribution in [3.8, 4) is 10.6 Å². The molecule has 1 fully saturated rings. The van der Waals surface area contributed by atoms with Gasteiger partial charge in [0.15, 0.2) is 0 Å². The summed E-state index contributed by atoms with van der Waals surface area (Å²) in [6.07, 6.45) is 1.91. The van der Waals surface area contributed by atoms with E-state index in [1.54, 1.807) is 11.3 Å². The molecule has 0 saturated carbocycles. The molecule has 3 heterocycles. The number of hydrogen-bond acceptors (Lipinski definition) is 4. The molecule has 0 bridgehead atoms. The van der Waals surface area contributed by atoms with E-state index in [1.807, 2.05) is 12.3 Å². The number of thiophene rings is 1.